The summed E-state index contributed by atoms with van der Waals surface area (Å²) >= 11 is 0. The minimum atomic E-state index is -0.982. The zero-order valence-corrected chi connectivity index (χ0v) is 16.1. The van der Waals surface area contributed by atoms with Crippen molar-refractivity contribution in [3.63, 3.8) is 0 Å². The number of likely N-dealkylation sites (tertiary alicyclic amines) is 1. The van der Waals surface area contributed by atoms with Gasteiger partial charge in [-0.05, 0) is 58.7 Å². The average molecular weight is 360 g/mol. The van der Waals surface area contributed by atoms with Gasteiger partial charge in [-0.3, -0.25) is 9.78 Å². The first-order valence-electron chi connectivity index (χ1n) is 9.03. The van der Waals surface area contributed by atoms with Gasteiger partial charge in [0.1, 0.15) is 5.73 Å². The number of rotatable bonds is 3. The van der Waals surface area contributed by atoms with Crippen LogP contribution in [0.4, 0.5) is 4.39 Å². The van der Waals surface area contributed by atoms with Crippen LogP contribution < -0.4 is 0 Å². The first-order chi connectivity index (χ1) is 12.1. The van der Waals surface area contributed by atoms with E-state index in [0.717, 1.165) is 6.42 Å². The minimum Gasteiger partial charge on any atom is -0.398 e. The molecule has 140 valence electrons. The number of amides is 1. The van der Waals surface area contributed by atoms with E-state index in [2.05, 4.69) is 4.98 Å². The Kier molecular flexibility index (Phi) is 4.97. The van der Waals surface area contributed by atoms with Crippen molar-refractivity contribution in [3.05, 3.63) is 41.4 Å². The van der Waals surface area contributed by atoms with Crippen LogP contribution in [0.15, 0.2) is 35.8 Å². The van der Waals surface area contributed by atoms with Crippen molar-refractivity contribution < 1.29 is 18.5 Å². The van der Waals surface area contributed by atoms with Crippen molar-refractivity contribution in [2.75, 3.05) is 13.1 Å². The van der Waals surface area contributed by atoms with E-state index in [-0.39, 0.29) is 17.6 Å². The number of carbonyl (C=O) groups excluding carboxylic acids is 1. The van der Waals surface area contributed by atoms with Crippen molar-refractivity contribution in [1.29, 1.82) is 0 Å². The molecule has 26 heavy (non-hydrogen) atoms. The van der Waals surface area contributed by atoms with Gasteiger partial charge in [-0.15, -0.1) is 0 Å². The fraction of sp³-hybridized carbons (Fsp3) is 0.579. The van der Waals surface area contributed by atoms with E-state index in [1.807, 2.05) is 27.7 Å². The fourth-order valence-electron chi connectivity index (χ4n) is 3.30. The Morgan fingerprint density at radius 3 is 2.38 bits per heavy atom. The number of pyridine rings is 1. The summed E-state index contributed by atoms with van der Waals surface area (Å²) in [5.74, 6) is -0.0708. The van der Waals surface area contributed by atoms with Gasteiger partial charge >= 0.3 is 7.12 Å². The molecule has 2 saturated heterocycles. The van der Waals surface area contributed by atoms with Gasteiger partial charge in [-0.1, -0.05) is 0 Å². The lowest BCUT2D eigenvalue weighted by Crippen LogP contribution is -2.41. The topological polar surface area (TPSA) is 51.7 Å². The summed E-state index contributed by atoms with van der Waals surface area (Å²) in [6.45, 7) is 10.5. The molecular formula is C19H26BFN2O3. The molecule has 0 aliphatic carbocycles. The Bertz CT molecular complexity index is 705. The zero-order chi connectivity index (χ0) is 19.1. The van der Waals surface area contributed by atoms with Crippen LogP contribution in [-0.2, 0) is 9.31 Å². The van der Waals surface area contributed by atoms with Crippen molar-refractivity contribution >= 4 is 13.0 Å². The van der Waals surface area contributed by atoms with Crippen LogP contribution in [0.5, 0.6) is 0 Å². The SMILES string of the molecule is CC(=C(F)B1OC(C)(C)C(C)(C)O1)C1CCN(C(=O)c2ccncc2)C1. The molecule has 0 aromatic carbocycles. The summed E-state index contributed by atoms with van der Waals surface area (Å²) in [5.41, 5.74) is -0.308. The minimum absolute atomic E-state index is 0.0280. The van der Waals surface area contributed by atoms with E-state index >= 15 is 4.39 Å². The van der Waals surface area contributed by atoms with Gasteiger partial charge in [0.2, 0.25) is 0 Å². The monoisotopic (exact) mass is 360 g/mol. The van der Waals surface area contributed by atoms with Gasteiger partial charge in [-0.25, -0.2) is 4.39 Å². The molecule has 0 bridgehead atoms. The predicted molar refractivity (Wildman–Crippen MR) is 98.1 cm³/mol. The van der Waals surface area contributed by atoms with Crippen LogP contribution in [0.25, 0.3) is 0 Å². The van der Waals surface area contributed by atoms with E-state index in [1.165, 1.54) is 0 Å². The largest absolute Gasteiger partial charge is 0.525 e. The lowest BCUT2D eigenvalue weighted by atomic mass is 9.81. The quantitative estimate of drug-likeness (QED) is 0.775. The molecule has 2 fully saturated rings. The van der Waals surface area contributed by atoms with E-state index in [0.29, 0.717) is 24.2 Å². The summed E-state index contributed by atoms with van der Waals surface area (Å²) in [7, 11) is -0.982. The number of halogens is 1. The third-order valence-corrected chi connectivity index (χ3v) is 5.85. The van der Waals surface area contributed by atoms with Crippen molar-refractivity contribution in [2.24, 2.45) is 5.92 Å². The molecule has 0 radical (unpaired) electrons. The van der Waals surface area contributed by atoms with Gasteiger partial charge in [0.05, 0.1) is 11.2 Å². The van der Waals surface area contributed by atoms with Crippen molar-refractivity contribution in [3.8, 4) is 0 Å². The molecule has 0 N–H and O–H groups in total. The van der Waals surface area contributed by atoms with Gasteiger partial charge < -0.3 is 14.2 Å². The predicted octanol–water partition coefficient (Wildman–Crippen LogP) is 3.42. The molecule has 1 aromatic rings. The highest BCUT2D eigenvalue weighted by Crippen LogP contribution is 2.40. The van der Waals surface area contributed by atoms with Gasteiger partial charge in [0.15, 0.2) is 0 Å². The van der Waals surface area contributed by atoms with E-state index in [9.17, 15) is 4.79 Å². The standard InChI is InChI=1S/C19H26BFN2O3/c1-13(16(21)20-25-18(2,3)19(4,5)26-20)15-8-11-23(12-15)17(24)14-6-9-22-10-7-14/h6-7,9-10,15H,8,11-12H2,1-5H3. The highest BCUT2D eigenvalue weighted by Gasteiger charge is 2.53. The molecule has 0 spiro atoms. The molecular weight excluding hydrogens is 334 g/mol. The van der Waals surface area contributed by atoms with Crippen LogP contribution in [0.3, 0.4) is 0 Å². The Labute approximate surface area is 154 Å². The Balaban J connectivity index is 1.70. The van der Waals surface area contributed by atoms with Gasteiger partial charge in [0.25, 0.3) is 5.91 Å². The maximum atomic E-state index is 15.0. The lowest BCUT2D eigenvalue weighted by Gasteiger charge is -2.32. The average Bonchev–Trinajstić information content (AvgIpc) is 3.16. The Morgan fingerprint density at radius 2 is 1.81 bits per heavy atom. The molecule has 7 heteroatoms. The number of aromatic nitrogens is 1. The van der Waals surface area contributed by atoms with Crippen LogP contribution in [0.2, 0.25) is 0 Å². The normalized spacial score (nSPS) is 25.4. The second-order valence-corrected chi connectivity index (χ2v) is 8.09. The molecule has 1 unspecified atom stereocenters. The maximum Gasteiger partial charge on any atom is 0.525 e. The van der Waals surface area contributed by atoms with Crippen LogP contribution in [0.1, 0.15) is 51.4 Å². The first-order valence-corrected chi connectivity index (χ1v) is 9.03. The first kappa shape index (κ1) is 19.0. The smallest absolute Gasteiger partial charge is 0.398 e. The van der Waals surface area contributed by atoms with Gasteiger partial charge in [0, 0.05) is 37.0 Å². The number of carbonyl (C=O) groups is 1. The molecule has 1 aromatic heterocycles. The Morgan fingerprint density at radius 1 is 1.23 bits per heavy atom. The molecule has 5 nitrogen and oxygen atoms in total. The number of nitrogens with zero attached hydrogens (tertiary/aromatic N) is 2. The molecule has 0 saturated carbocycles. The Hall–Kier alpha value is -1.73. The molecule has 1 atom stereocenters. The van der Waals surface area contributed by atoms with Gasteiger partial charge in [-0.2, -0.15) is 0 Å². The lowest BCUT2D eigenvalue weighted by molar-refractivity contribution is 0.00578. The molecule has 1 amide bonds. The van der Waals surface area contributed by atoms with E-state index < -0.39 is 18.3 Å². The molecule has 2 aliphatic heterocycles. The van der Waals surface area contributed by atoms with Crippen LogP contribution >= 0.6 is 0 Å². The highest BCUT2D eigenvalue weighted by molar-refractivity contribution is 6.53. The van der Waals surface area contributed by atoms with E-state index in [4.69, 9.17) is 9.31 Å². The number of hydrogen-bond acceptors (Lipinski definition) is 4. The second-order valence-electron chi connectivity index (χ2n) is 8.09. The number of hydrogen-bond donors (Lipinski definition) is 0. The third kappa shape index (κ3) is 3.42. The highest BCUT2D eigenvalue weighted by atomic mass is 19.1. The summed E-state index contributed by atoms with van der Waals surface area (Å²) in [6, 6.07) is 3.40. The van der Waals surface area contributed by atoms with Crippen LogP contribution in [0, 0.1) is 5.92 Å². The summed E-state index contributed by atoms with van der Waals surface area (Å²) < 4.78 is 26.6. The third-order valence-electron chi connectivity index (χ3n) is 5.85. The maximum absolute atomic E-state index is 15.0. The zero-order valence-electron chi connectivity index (χ0n) is 16.1. The van der Waals surface area contributed by atoms with Crippen LogP contribution in [-0.4, -0.2) is 47.2 Å². The van der Waals surface area contributed by atoms with Crippen molar-refractivity contribution in [1.82, 2.24) is 9.88 Å². The molecule has 3 heterocycles. The summed E-state index contributed by atoms with van der Waals surface area (Å²) in [5, 5.41) is 0. The summed E-state index contributed by atoms with van der Waals surface area (Å²) in [6.07, 6.45) is 3.93. The summed E-state index contributed by atoms with van der Waals surface area (Å²) in [4.78, 5) is 18.2. The molecule has 3 rings (SSSR count). The second kappa shape index (κ2) is 6.78. The fourth-order valence-corrected chi connectivity index (χ4v) is 3.30. The van der Waals surface area contributed by atoms with E-state index in [1.54, 1.807) is 36.4 Å². The molecule has 2 aliphatic rings. The van der Waals surface area contributed by atoms with Crippen molar-refractivity contribution in [2.45, 2.75) is 52.2 Å².